The first-order chi connectivity index (χ1) is 8.66. The quantitative estimate of drug-likeness (QED) is 0.670. The second kappa shape index (κ2) is 5.55. The van der Waals surface area contributed by atoms with Crippen LogP contribution in [0, 0.1) is 5.82 Å². The third-order valence-electron chi connectivity index (χ3n) is 2.33. The Morgan fingerprint density at radius 1 is 1.28 bits per heavy atom. The number of hydrogen-bond donors (Lipinski definition) is 1. The van der Waals surface area contributed by atoms with Crippen LogP contribution in [0.15, 0.2) is 46.9 Å². The maximum Gasteiger partial charge on any atom is 0.281 e. The second-order valence-corrected chi connectivity index (χ2v) is 4.57. The smallest absolute Gasteiger partial charge is 0.266 e. The number of hydrogen-bond acceptors (Lipinski definition) is 3. The molecule has 0 aliphatic carbocycles. The lowest BCUT2D eigenvalue weighted by atomic mass is 10.1. The summed E-state index contributed by atoms with van der Waals surface area (Å²) in [6, 6.07) is 9.47. The number of benzene rings is 1. The third kappa shape index (κ3) is 3.01. The van der Waals surface area contributed by atoms with Crippen molar-refractivity contribution in [2.75, 3.05) is 0 Å². The lowest BCUT2D eigenvalue weighted by Crippen LogP contribution is -2.18. The van der Waals surface area contributed by atoms with Crippen LogP contribution >= 0.6 is 11.3 Å². The van der Waals surface area contributed by atoms with E-state index < -0.39 is 0 Å². The van der Waals surface area contributed by atoms with Crippen LogP contribution in [0.1, 0.15) is 22.2 Å². The van der Waals surface area contributed by atoms with E-state index in [2.05, 4.69) is 10.5 Å². The van der Waals surface area contributed by atoms with E-state index in [1.165, 1.54) is 23.5 Å². The number of amides is 1. The first-order valence-corrected chi connectivity index (χ1v) is 6.19. The Morgan fingerprint density at radius 3 is 2.61 bits per heavy atom. The number of rotatable bonds is 3. The molecule has 1 N–H and O–H groups in total. The van der Waals surface area contributed by atoms with Crippen molar-refractivity contribution < 1.29 is 9.18 Å². The van der Waals surface area contributed by atoms with Crippen LogP contribution < -0.4 is 5.43 Å². The standard InChI is InChI=1S/C13H11FN2OS/c1-9(10-4-6-11(14)7-5-10)15-16-13(17)12-3-2-8-18-12/h2-8H,1H3,(H,16,17)/b15-9+. The number of carbonyl (C=O) groups excluding carboxylic acids is 1. The van der Waals surface area contributed by atoms with Crippen LogP contribution in [0.25, 0.3) is 0 Å². The molecule has 0 unspecified atom stereocenters. The lowest BCUT2D eigenvalue weighted by molar-refractivity contribution is 0.0959. The van der Waals surface area contributed by atoms with Crippen molar-refractivity contribution in [1.82, 2.24) is 5.43 Å². The first-order valence-electron chi connectivity index (χ1n) is 5.31. The van der Waals surface area contributed by atoms with Crippen LogP contribution in [0.2, 0.25) is 0 Å². The van der Waals surface area contributed by atoms with Gasteiger partial charge in [0.25, 0.3) is 5.91 Å². The molecule has 1 aromatic carbocycles. The predicted octanol–water partition coefficient (Wildman–Crippen LogP) is 3.04. The molecule has 1 amide bonds. The molecule has 0 atom stereocenters. The molecule has 92 valence electrons. The molecule has 1 heterocycles. The van der Waals surface area contributed by atoms with Gasteiger partial charge < -0.3 is 0 Å². The van der Waals surface area contributed by atoms with Crippen LogP contribution in [-0.4, -0.2) is 11.6 Å². The normalized spacial score (nSPS) is 11.3. The summed E-state index contributed by atoms with van der Waals surface area (Å²) in [5, 5.41) is 5.81. The summed E-state index contributed by atoms with van der Waals surface area (Å²) in [5.41, 5.74) is 3.86. The van der Waals surface area contributed by atoms with Crippen molar-refractivity contribution in [3.63, 3.8) is 0 Å². The van der Waals surface area contributed by atoms with Crippen LogP contribution in [-0.2, 0) is 0 Å². The van der Waals surface area contributed by atoms with Gasteiger partial charge in [-0.3, -0.25) is 4.79 Å². The Morgan fingerprint density at radius 2 is 2.00 bits per heavy atom. The van der Waals surface area contributed by atoms with E-state index in [1.54, 1.807) is 31.2 Å². The molecule has 0 bridgehead atoms. The van der Waals surface area contributed by atoms with E-state index in [4.69, 9.17) is 0 Å². The van der Waals surface area contributed by atoms with E-state index >= 15 is 0 Å². The average molecular weight is 262 g/mol. The van der Waals surface area contributed by atoms with E-state index in [-0.39, 0.29) is 11.7 Å². The summed E-state index contributed by atoms with van der Waals surface area (Å²) < 4.78 is 12.7. The van der Waals surface area contributed by atoms with E-state index in [1.807, 2.05) is 5.38 Å². The Balaban J connectivity index is 2.05. The van der Waals surface area contributed by atoms with Crippen LogP contribution in [0.5, 0.6) is 0 Å². The van der Waals surface area contributed by atoms with Gasteiger partial charge in [-0.25, -0.2) is 9.82 Å². The van der Waals surface area contributed by atoms with Crippen molar-refractivity contribution in [3.8, 4) is 0 Å². The fraction of sp³-hybridized carbons (Fsp3) is 0.0769. The molecule has 3 nitrogen and oxygen atoms in total. The molecule has 0 saturated heterocycles. The summed E-state index contributed by atoms with van der Waals surface area (Å²) in [4.78, 5) is 12.2. The minimum atomic E-state index is -0.297. The summed E-state index contributed by atoms with van der Waals surface area (Å²) in [5.74, 6) is -0.541. The lowest BCUT2D eigenvalue weighted by Gasteiger charge is -2.01. The molecule has 0 aliphatic rings. The molecule has 0 radical (unpaired) electrons. The van der Waals surface area contributed by atoms with Crippen LogP contribution in [0.4, 0.5) is 4.39 Å². The van der Waals surface area contributed by atoms with Crippen molar-refractivity contribution in [1.29, 1.82) is 0 Å². The molecule has 5 heteroatoms. The number of nitrogens with zero attached hydrogens (tertiary/aromatic N) is 1. The second-order valence-electron chi connectivity index (χ2n) is 3.62. The Hall–Kier alpha value is -2.01. The van der Waals surface area contributed by atoms with E-state index in [0.29, 0.717) is 10.6 Å². The van der Waals surface area contributed by atoms with Gasteiger partial charge in [-0.2, -0.15) is 5.10 Å². The molecule has 0 saturated carbocycles. The zero-order valence-electron chi connectivity index (χ0n) is 9.68. The maximum atomic E-state index is 12.7. The highest BCUT2D eigenvalue weighted by atomic mass is 32.1. The van der Waals surface area contributed by atoms with Gasteiger partial charge in [0.1, 0.15) is 5.82 Å². The predicted molar refractivity (Wildman–Crippen MR) is 70.4 cm³/mol. The number of hydrazone groups is 1. The fourth-order valence-corrected chi connectivity index (χ4v) is 1.97. The van der Waals surface area contributed by atoms with E-state index in [0.717, 1.165) is 5.56 Å². The molecular weight excluding hydrogens is 251 g/mol. The Labute approximate surface area is 108 Å². The molecule has 2 rings (SSSR count). The Kier molecular flexibility index (Phi) is 3.84. The van der Waals surface area contributed by atoms with Gasteiger partial charge in [0.15, 0.2) is 0 Å². The molecule has 0 aliphatic heterocycles. The molecule has 2 aromatic rings. The SMILES string of the molecule is C/C(=N\NC(=O)c1cccs1)c1ccc(F)cc1. The molecular formula is C13H11FN2OS. The van der Waals surface area contributed by atoms with Crippen molar-refractivity contribution in [3.05, 3.63) is 58.0 Å². The largest absolute Gasteiger partial charge is 0.281 e. The van der Waals surface area contributed by atoms with Gasteiger partial charge in [-0.1, -0.05) is 18.2 Å². The average Bonchev–Trinajstić information content (AvgIpc) is 2.90. The van der Waals surface area contributed by atoms with Crippen molar-refractivity contribution in [2.45, 2.75) is 6.92 Å². The summed E-state index contributed by atoms with van der Waals surface area (Å²) >= 11 is 1.35. The van der Waals surface area contributed by atoms with Crippen molar-refractivity contribution in [2.24, 2.45) is 5.10 Å². The third-order valence-corrected chi connectivity index (χ3v) is 3.20. The van der Waals surface area contributed by atoms with Gasteiger partial charge in [-0.05, 0) is 36.1 Å². The van der Waals surface area contributed by atoms with Gasteiger partial charge in [0, 0.05) is 0 Å². The summed E-state index contributed by atoms with van der Waals surface area (Å²) in [6.07, 6.45) is 0. The highest BCUT2D eigenvalue weighted by Crippen LogP contribution is 2.08. The molecule has 18 heavy (non-hydrogen) atoms. The highest BCUT2D eigenvalue weighted by Gasteiger charge is 2.05. The zero-order valence-corrected chi connectivity index (χ0v) is 10.5. The highest BCUT2D eigenvalue weighted by molar-refractivity contribution is 7.12. The first kappa shape index (κ1) is 12.4. The monoisotopic (exact) mass is 262 g/mol. The fourth-order valence-electron chi connectivity index (χ4n) is 1.35. The number of carbonyl (C=O) groups is 1. The van der Waals surface area contributed by atoms with Gasteiger partial charge in [0.05, 0.1) is 10.6 Å². The maximum absolute atomic E-state index is 12.7. The summed E-state index contributed by atoms with van der Waals surface area (Å²) in [7, 11) is 0. The molecule has 0 fully saturated rings. The van der Waals surface area contributed by atoms with Gasteiger partial charge in [0.2, 0.25) is 0 Å². The number of halogens is 1. The van der Waals surface area contributed by atoms with E-state index in [9.17, 15) is 9.18 Å². The number of nitrogens with one attached hydrogen (secondary N) is 1. The summed E-state index contributed by atoms with van der Waals surface area (Å²) in [6.45, 7) is 1.75. The van der Waals surface area contributed by atoms with Gasteiger partial charge in [-0.15, -0.1) is 11.3 Å². The zero-order chi connectivity index (χ0) is 13.0. The topological polar surface area (TPSA) is 41.5 Å². The van der Waals surface area contributed by atoms with Crippen molar-refractivity contribution >= 4 is 23.0 Å². The molecule has 1 aromatic heterocycles. The minimum absolute atomic E-state index is 0.244. The number of thiophene rings is 1. The minimum Gasteiger partial charge on any atom is -0.266 e. The Bertz CT molecular complexity index is 561. The van der Waals surface area contributed by atoms with Crippen LogP contribution in [0.3, 0.4) is 0 Å². The molecule has 0 spiro atoms. The van der Waals surface area contributed by atoms with Gasteiger partial charge >= 0.3 is 0 Å².